The van der Waals surface area contributed by atoms with Crippen LogP contribution >= 0.6 is 0 Å². The van der Waals surface area contributed by atoms with E-state index >= 15 is 0 Å². The highest BCUT2D eigenvalue weighted by molar-refractivity contribution is 5.91. The molecule has 1 aromatic rings. The molecule has 0 N–H and O–H groups in total. The molecule has 0 aliphatic heterocycles. The van der Waals surface area contributed by atoms with Crippen molar-refractivity contribution in [1.29, 1.82) is 5.26 Å². The average Bonchev–Trinajstić information content (AvgIpc) is 3.09. The first-order valence-electron chi connectivity index (χ1n) is 4.82. The first kappa shape index (κ1) is 9.72. The van der Waals surface area contributed by atoms with Gasteiger partial charge in [-0.1, -0.05) is 18.2 Å². The van der Waals surface area contributed by atoms with Gasteiger partial charge in [0.15, 0.2) is 0 Å². The summed E-state index contributed by atoms with van der Waals surface area (Å²) in [6.07, 6.45) is 1.66. The van der Waals surface area contributed by atoms with Crippen LogP contribution in [-0.2, 0) is 10.2 Å². The smallest absolute Gasteiger partial charge is 0.338 e. The number of nitriles is 1. The number of methoxy groups -OCH3 is 1. The van der Waals surface area contributed by atoms with Crippen molar-refractivity contribution in [2.45, 2.75) is 18.3 Å². The molecule has 2 rings (SSSR count). The predicted octanol–water partition coefficient (Wildman–Crippen LogP) is 2.03. The molecule has 0 unspecified atom stereocenters. The minimum atomic E-state index is -0.440. The van der Waals surface area contributed by atoms with Gasteiger partial charge in [0.1, 0.15) is 0 Å². The van der Waals surface area contributed by atoms with Crippen molar-refractivity contribution in [3.8, 4) is 6.07 Å². The fourth-order valence-electron chi connectivity index (χ4n) is 1.75. The van der Waals surface area contributed by atoms with Crippen LogP contribution in [-0.4, -0.2) is 13.1 Å². The molecule has 0 aromatic heterocycles. The van der Waals surface area contributed by atoms with Gasteiger partial charge in [-0.3, -0.25) is 0 Å². The fraction of sp³-hybridized carbons (Fsp3) is 0.333. The number of nitrogens with zero attached hydrogens (tertiary/aromatic N) is 1. The molecule has 0 heterocycles. The summed E-state index contributed by atoms with van der Waals surface area (Å²) in [5.41, 5.74) is 0.878. The highest BCUT2D eigenvalue weighted by Crippen LogP contribution is 2.48. The Balaban J connectivity index is 2.49. The van der Waals surface area contributed by atoms with E-state index in [0.29, 0.717) is 5.56 Å². The number of hydrogen-bond donors (Lipinski definition) is 0. The molecule has 1 saturated carbocycles. The molecule has 15 heavy (non-hydrogen) atoms. The van der Waals surface area contributed by atoms with Crippen LogP contribution in [0.15, 0.2) is 24.3 Å². The summed E-state index contributed by atoms with van der Waals surface area (Å²) in [6.45, 7) is 0. The number of esters is 1. The highest BCUT2D eigenvalue weighted by Gasteiger charge is 2.46. The van der Waals surface area contributed by atoms with Crippen LogP contribution < -0.4 is 0 Å². The van der Waals surface area contributed by atoms with E-state index in [4.69, 9.17) is 10.00 Å². The highest BCUT2D eigenvalue weighted by atomic mass is 16.5. The van der Waals surface area contributed by atoms with Crippen molar-refractivity contribution in [2.75, 3.05) is 7.11 Å². The second kappa shape index (κ2) is 3.39. The van der Waals surface area contributed by atoms with E-state index < -0.39 is 5.41 Å². The molecule has 0 spiro atoms. The maximum absolute atomic E-state index is 11.5. The topological polar surface area (TPSA) is 50.1 Å². The number of carbonyl (C=O) groups excluding carboxylic acids is 1. The van der Waals surface area contributed by atoms with Crippen LogP contribution in [0.2, 0.25) is 0 Å². The minimum absolute atomic E-state index is 0.368. The van der Waals surface area contributed by atoms with Gasteiger partial charge in [0.25, 0.3) is 0 Å². The molecule has 0 amide bonds. The molecular weight excluding hydrogens is 190 g/mol. The lowest BCUT2D eigenvalue weighted by molar-refractivity contribution is 0.0599. The van der Waals surface area contributed by atoms with E-state index in [2.05, 4.69) is 6.07 Å². The zero-order valence-corrected chi connectivity index (χ0v) is 8.49. The van der Waals surface area contributed by atoms with E-state index in [9.17, 15) is 4.79 Å². The first-order valence-corrected chi connectivity index (χ1v) is 4.82. The fourth-order valence-corrected chi connectivity index (χ4v) is 1.75. The monoisotopic (exact) mass is 201 g/mol. The van der Waals surface area contributed by atoms with Gasteiger partial charge in [0.2, 0.25) is 0 Å². The van der Waals surface area contributed by atoms with E-state index in [1.54, 1.807) is 12.1 Å². The van der Waals surface area contributed by atoms with Gasteiger partial charge in [-0.15, -0.1) is 0 Å². The summed E-state index contributed by atoms with van der Waals surface area (Å²) in [4.78, 5) is 11.5. The van der Waals surface area contributed by atoms with Gasteiger partial charge in [0, 0.05) is 0 Å². The number of carbonyl (C=O) groups is 1. The second-order valence-electron chi connectivity index (χ2n) is 3.73. The van der Waals surface area contributed by atoms with E-state index in [-0.39, 0.29) is 5.97 Å². The van der Waals surface area contributed by atoms with Gasteiger partial charge in [-0.2, -0.15) is 5.26 Å². The van der Waals surface area contributed by atoms with Crippen LogP contribution in [0.4, 0.5) is 0 Å². The lowest BCUT2D eigenvalue weighted by Crippen LogP contribution is -2.12. The summed E-state index contributed by atoms with van der Waals surface area (Å²) in [5.74, 6) is -0.368. The number of benzene rings is 1. The van der Waals surface area contributed by atoms with E-state index in [0.717, 1.165) is 18.4 Å². The van der Waals surface area contributed by atoms with Crippen LogP contribution in [0, 0.1) is 11.3 Å². The molecule has 3 heteroatoms. The third kappa shape index (κ3) is 1.48. The lowest BCUT2D eigenvalue weighted by atomic mass is 9.93. The molecule has 0 bridgehead atoms. The van der Waals surface area contributed by atoms with Crippen molar-refractivity contribution in [3.05, 3.63) is 35.4 Å². The molecule has 0 atom stereocenters. The van der Waals surface area contributed by atoms with Crippen LogP contribution in [0.1, 0.15) is 28.8 Å². The molecular formula is C12H11NO2. The van der Waals surface area contributed by atoms with Gasteiger partial charge in [0.05, 0.1) is 24.2 Å². The Bertz CT molecular complexity index is 441. The Morgan fingerprint density at radius 3 is 2.67 bits per heavy atom. The van der Waals surface area contributed by atoms with Gasteiger partial charge in [-0.05, 0) is 24.5 Å². The summed E-state index contributed by atoms with van der Waals surface area (Å²) in [5, 5.41) is 9.09. The third-order valence-corrected chi connectivity index (χ3v) is 2.81. The van der Waals surface area contributed by atoms with E-state index in [1.165, 1.54) is 7.11 Å². The largest absolute Gasteiger partial charge is 0.465 e. The summed E-state index contributed by atoms with van der Waals surface area (Å²) >= 11 is 0. The predicted molar refractivity (Wildman–Crippen MR) is 54.3 cm³/mol. The summed E-state index contributed by atoms with van der Waals surface area (Å²) < 4.78 is 4.70. The maximum atomic E-state index is 11.5. The molecule has 1 aliphatic carbocycles. The number of ether oxygens (including phenoxy) is 1. The Kier molecular flexibility index (Phi) is 2.20. The summed E-state index contributed by atoms with van der Waals surface area (Å²) in [7, 11) is 1.35. The van der Waals surface area contributed by atoms with Crippen molar-refractivity contribution in [2.24, 2.45) is 0 Å². The van der Waals surface area contributed by atoms with Crippen molar-refractivity contribution in [1.82, 2.24) is 0 Å². The molecule has 1 aromatic carbocycles. The Morgan fingerprint density at radius 2 is 2.13 bits per heavy atom. The van der Waals surface area contributed by atoms with Crippen LogP contribution in [0.25, 0.3) is 0 Å². The average molecular weight is 201 g/mol. The van der Waals surface area contributed by atoms with Gasteiger partial charge in [-0.25, -0.2) is 4.79 Å². The number of hydrogen-bond acceptors (Lipinski definition) is 3. The molecule has 76 valence electrons. The molecule has 3 nitrogen and oxygen atoms in total. The zero-order valence-electron chi connectivity index (χ0n) is 8.49. The van der Waals surface area contributed by atoms with Crippen LogP contribution in [0.3, 0.4) is 0 Å². The Labute approximate surface area is 88.3 Å². The Morgan fingerprint density at radius 1 is 1.47 bits per heavy atom. The molecule has 0 saturated heterocycles. The molecule has 1 aliphatic rings. The van der Waals surface area contributed by atoms with Gasteiger partial charge < -0.3 is 4.74 Å². The summed E-state index contributed by atoms with van der Waals surface area (Å²) in [6, 6.07) is 9.45. The number of rotatable bonds is 2. The van der Waals surface area contributed by atoms with Crippen molar-refractivity contribution >= 4 is 5.97 Å². The Hall–Kier alpha value is -1.82. The second-order valence-corrected chi connectivity index (χ2v) is 3.73. The third-order valence-electron chi connectivity index (χ3n) is 2.81. The molecule has 0 radical (unpaired) electrons. The van der Waals surface area contributed by atoms with Crippen molar-refractivity contribution in [3.63, 3.8) is 0 Å². The first-order chi connectivity index (χ1) is 7.23. The SMILES string of the molecule is COC(=O)c1ccccc1C1(C#N)CC1. The zero-order chi connectivity index (χ0) is 10.9. The lowest BCUT2D eigenvalue weighted by Gasteiger charge is -2.10. The normalized spacial score (nSPS) is 16.5. The standard InChI is InChI=1S/C12H11NO2/c1-15-11(14)9-4-2-3-5-10(9)12(8-13)6-7-12/h2-5H,6-7H2,1H3. The van der Waals surface area contributed by atoms with E-state index in [1.807, 2.05) is 12.1 Å². The quantitative estimate of drug-likeness (QED) is 0.688. The maximum Gasteiger partial charge on any atom is 0.338 e. The van der Waals surface area contributed by atoms with Crippen LogP contribution in [0.5, 0.6) is 0 Å². The minimum Gasteiger partial charge on any atom is -0.465 e. The van der Waals surface area contributed by atoms with Gasteiger partial charge >= 0.3 is 5.97 Å². The van der Waals surface area contributed by atoms with Crippen molar-refractivity contribution < 1.29 is 9.53 Å². The molecule has 1 fully saturated rings.